The Labute approximate surface area is 126 Å². The van der Waals surface area contributed by atoms with Gasteiger partial charge in [-0.25, -0.2) is 8.78 Å². The van der Waals surface area contributed by atoms with Gasteiger partial charge in [-0.1, -0.05) is 29.8 Å². The molecule has 1 atom stereocenters. The Morgan fingerprint density at radius 1 is 1.10 bits per heavy atom. The molecule has 3 rings (SSSR count). The van der Waals surface area contributed by atoms with E-state index in [0.29, 0.717) is 5.56 Å². The van der Waals surface area contributed by atoms with E-state index in [-0.39, 0.29) is 16.7 Å². The van der Waals surface area contributed by atoms with E-state index in [1.807, 2.05) is 0 Å². The van der Waals surface area contributed by atoms with Crippen LogP contribution in [0.15, 0.2) is 42.5 Å². The maximum absolute atomic E-state index is 13.8. The summed E-state index contributed by atoms with van der Waals surface area (Å²) in [7, 11) is 0. The lowest BCUT2D eigenvalue weighted by Crippen LogP contribution is -2.46. The highest BCUT2D eigenvalue weighted by Crippen LogP contribution is 2.33. The van der Waals surface area contributed by atoms with Crippen LogP contribution in [0.1, 0.15) is 11.7 Å². The van der Waals surface area contributed by atoms with Crippen molar-refractivity contribution in [1.29, 1.82) is 0 Å². The molecule has 1 N–H and O–H groups in total. The van der Waals surface area contributed by atoms with Crippen molar-refractivity contribution in [2.45, 2.75) is 6.10 Å². The second kappa shape index (κ2) is 6.00. The van der Waals surface area contributed by atoms with Gasteiger partial charge in [-0.05, 0) is 29.8 Å². The summed E-state index contributed by atoms with van der Waals surface area (Å²) in [5.41, 5.74) is 0.659. The van der Waals surface area contributed by atoms with Gasteiger partial charge in [0.25, 0.3) is 0 Å². The third kappa shape index (κ3) is 3.01. The molecule has 1 aliphatic heterocycles. The molecule has 0 bridgehead atoms. The van der Waals surface area contributed by atoms with E-state index in [0.717, 1.165) is 13.1 Å². The molecular formula is C16H14ClF2NO. The Balaban J connectivity index is 1.90. The predicted molar refractivity (Wildman–Crippen MR) is 77.5 cm³/mol. The van der Waals surface area contributed by atoms with Gasteiger partial charge in [0.15, 0.2) is 11.6 Å². The van der Waals surface area contributed by atoms with Crippen LogP contribution in [0.5, 0.6) is 5.75 Å². The zero-order chi connectivity index (χ0) is 14.8. The molecular weight excluding hydrogens is 296 g/mol. The van der Waals surface area contributed by atoms with Crippen molar-refractivity contribution in [3.8, 4) is 5.75 Å². The summed E-state index contributed by atoms with van der Waals surface area (Å²) in [6.07, 6.45) is -0.407. The summed E-state index contributed by atoms with van der Waals surface area (Å²) in [6, 6.07) is 10.8. The summed E-state index contributed by atoms with van der Waals surface area (Å²) in [6.45, 7) is 1.51. The molecule has 2 aromatic rings. The number of hydrogen-bond donors (Lipinski definition) is 1. The van der Waals surface area contributed by atoms with Crippen LogP contribution in [0.4, 0.5) is 8.78 Å². The number of nitrogens with one attached hydrogen (secondary N) is 1. The summed E-state index contributed by atoms with van der Waals surface area (Å²) in [4.78, 5) is 0. The molecule has 110 valence electrons. The van der Waals surface area contributed by atoms with Crippen LogP contribution >= 0.6 is 11.6 Å². The molecule has 0 amide bonds. The van der Waals surface area contributed by atoms with Crippen LogP contribution < -0.4 is 10.1 Å². The number of ether oxygens (including phenoxy) is 1. The number of hydrogen-bond acceptors (Lipinski definition) is 2. The molecule has 1 aliphatic rings. The molecule has 0 saturated carbocycles. The summed E-state index contributed by atoms with van der Waals surface area (Å²) >= 11 is 5.71. The molecule has 0 unspecified atom stereocenters. The molecule has 0 aromatic heterocycles. The first-order valence-electron chi connectivity index (χ1n) is 6.72. The zero-order valence-corrected chi connectivity index (χ0v) is 11.9. The number of benzene rings is 2. The predicted octanol–water partition coefficient (Wildman–Crippen LogP) is 3.96. The number of rotatable bonds is 4. The first-order chi connectivity index (χ1) is 10.1. The third-order valence-corrected chi connectivity index (χ3v) is 3.91. The average Bonchev–Trinajstić information content (AvgIpc) is 2.41. The van der Waals surface area contributed by atoms with Crippen LogP contribution in [-0.4, -0.2) is 13.1 Å². The van der Waals surface area contributed by atoms with Gasteiger partial charge >= 0.3 is 0 Å². The van der Waals surface area contributed by atoms with Gasteiger partial charge in [0.2, 0.25) is 0 Å². The topological polar surface area (TPSA) is 21.3 Å². The van der Waals surface area contributed by atoms with Crippen molar-refractivity contribution in [3.63, 3.8) is 0 Å². The van der Waals surface area contributed by atoms with Crippen LogP contribution in [0.2, 0.25) is 5.02 Å². The molecule has 0 radical (unpaired) electrons. The molecule has 5 heteroatoms. The van der Waals surface area contributed by atoms with E-state index in [9.17, 15) is 8.78 Å². The third-order valence-electron chi connectivity index (χ3n) is 3.60. The van der Waals surface area contributed by atoms with E-state index < -0.39 is 17.7 Å². The maximum Gasteiger partial charge on any atom is 0.165 e. The Morgan fingerprint density at radius 3 is 2.48 bits per heavy atom. The lowest BCUT2D eigenvalue weighted by Gasteiger charge is -2.35. The highest BCUT2D eigenvalue weighted by Gasteiger charge is 2.31. The van der Waals surface area contributed by atoms with E-state index in [1.165, 1.54) is 18.2 Å². The first-order valence-corrected chi connectivity index (χ1v) is 7.10. The minimum atomic E-state index is -0.497. The van der Waals surface area contributed by atoms with Crippen molar-refractivity contribution in [1.82, 2.24) is 5.32 Å². The second-order valence-corrected chi connectivity index (χ2v) is 5.47. The van der Waals surface area contributed by atoms with Crippen LogP contribution in [0.3, 0.4) is 0 Å². The normalized spacial score (nSPS) is 16.3. The van der Waals surface area contributed by atoms with Crippen molar-refractivity contribution < 1.29 is 13.5 Å². The molecule has 2 nitrogen and oxygen atoms in total. The lowest BCUT2D eigenvalue weighted by molar-refractivity contribution is 0.0948. The van der Waals surface area contributed by atoms with Crippen LogP contribution in [0, 0.1) is 17.6 Å². The van der Waals surface area contributed by atoms with E-state index in [1.54, 1.807) is 24.3 Å². The first kappa shape index (κ1) is 14.3. The van der Waals surface area contributed by atoms with E-state index in [2.05, 4.69) is 5.32 Å². The fraction of sp³-hybridized carbons (Fsp3) is 0.250. The van der Waals surface area contributed by atoms with Gasteiger partial charge in [-0.3, -0.25) is 0 Å². The van der Waals surface area contributed by atoms with Gasteiger partial charge < -0.3 is 10.1 Å². The summed E-state index contributed by atoms with van der Waals surface area (Å²) in [5.74, 6) is -0.581. The Hall–Kier alpha value is -1.65. The van der Waals surface area contributed by atoms with Crippen molar-refractivity contribution in [2.75, 3.05) is 13.1 Å². The van der Waals surface area contributed by atoms with Gasteiger partial charge in [0.1, 0.15) is 11.9 Å². The Morgan fingerprint density at radius 2 is 1.86 bits per heavy atom. The van der Waals surface area contributed by atoms with Crippen LogP contribution in [-0.2, 0) is 0 Å². The monoisotopic (exact) mass is 309 g/mol. The molecule has 0 spiro atoms. The minimum Gasteiger partial charge on any atom is -0.482 e. The second-order valence-electron chi connectivity index (χ2n) is 5.06. The fourth-order valence-corrected chi connectivity index (χ4v) is 2.45. The van der Waals surface area contributed by atoms with E-state index in [4.69, 9.17) is 16.3 Å². The number of para-hydroxylation sites is 1. The van der Waals surface area contributed by atoms with Gasteiger partial charge in [-0.15, -0.1) is 0 Å². The zero-order valence-electron chi connectivity index (χ0n) is 11.2. The molecule has 1 saturated heterocycles. The minimum absolute atomic E-state index is 0.0649. The molecule has 0 aliphatic carbocycles. The highest BCUT2D eigenvalue weighted by atomic mass is 35.5. The Kier molecular flexibility index (Phi) is 4.08. The SMILES string of the molecule is Fc1cc([C@@H](Oc2ccccc2F)C2CNC2)ccc1Cl. The van der Waals surface area contributed by atoms with Crippen molar-refractivity contribution in [2.24, 2.45) is 5.92 Å². The van der Waals surface area contributed by atoms with E-state index >= 15 is 0 Å². The number of halogens is 3. The fourth-order valence-electron chi connectivity index (χ4n) is 2.33. The Bertz CT molecular complexity index is 646. The van der Waals surface area contributed by atoms with Crippen molar-refractivity contribution >= 4 is 11.6 Å². The summed E-state index contributed by atoms with van der Waals surface area (Å²) in [5, 5.41) is 3.21. The average molecular weight is 310 g/mol. The molecule has 1 fully saturated rings. The van der Waals surface area contributed by atoms with Gasteiger partial charge in [0, 0.05) is 19.0 Å². The molecule has 21 heavy (non-hydrogen) atoms. The quantitative estimate of drug-likeness (QED) is 0.923. The van der Waals surface area contributed by atoms with Crippen LogP contribution in [0.25, 0.3) is 0 Å². The lowest BCUT2D eigenvalue weighted by atomic mass is 9.90. The highest BCUT2D eigenvalue weighted by molar-refractivity contribution is 6.30. The molecule has 2 aromatic carbocycles. The largest absolute Gasteiger partial charge is 0.482 e. The maximum atomic E-state index is 13.8. The van der Waals surface area contributed by atoms with Gasteiger partial charge in [0.05, 0.1) is 5.02 Å². The molecule has 1 heterocycles. The standard InChI is InChI=1S/C16H14ClF2NO/c17-12-6-5-10(7-14(12)19)16(11-8-20-9-11)21-15-4-2-1-3-13(15)18/h1-7,11,16,20H,8-9H2/t16-/m1/s1. The van der Waals surface area contributed by atoms with Gasteiger partial charge in [-0.2, -0.15) is 0 Å². The summed E-state index contributed by atoms with van der Waals surface area (Å²) < 4.78 is 33.2. The van der Waals surface area contributed by atoms with Crippen molar-refractivity contribution in [3.05, 3.63) is 64.7 Å². The smallest absolute Gasteiger partial charge is 0.165 e.